The monoisotopic (exact) mass is 414 g/mol. The van der Waals surface area contributed by atoms with Gasteiger partial charge in [-0.1, -0.05) is 42.0 Å². The van der Waals surface area contributed by atoms with Crippen molar-refractivity contribution in [1.29, 1.82) is 0 Å². The first kappa shape index (κ1) is 20.9. The molecule has 0 saturated carbocycles. The van der Waals surface area contributed by atoms with Crippen LogP contribution in [-0.4, -0.2) is 34.5 Å². The number of hydrogen-bond donors (Lipinski definition) is 1. The van der Waals surface area contributed by atoms with Crippen LogP contribution >= 0.6 is 0 Å². The van der Waals surface area contributed by atoms with Gasteiger partial charge in [0.25, 0.3) is 10.0 Å². The van der Waals surface area contributed by atoms with Crippen LogP contribution in [0.4, 0.5) is 5.69 Å². The maximum atomic E-state index is 13.3. The Morgan fingerprint density at radius 1 is 1.07 bits per heavy atom. The molecule has 2 aromatic rings. The number of nitrogens with zero attached hydrogens (tertiary/aromatic N) is 1. The number of methoxy groups -OCH3 is 1. The molecule has 2 aromatic carbocycles. The number of ether oxygens (including phenoxy) is 1. The van der Waals surface area contributed by atoms with E-state index in [2.05, 4.69) is 11.4 Å². The summed E-state index contributed by atoms with van der Waals surface area (Å²) in [5.41, 5.74) is 1.52. The molecule has 0 radical (unpaired) electrons. The van der Waals surface area contributed by atoms with Crippen LogP contribution in [0.5, 0.6) is 5.75 Å². The number of nitrogens with one attached hydrogen (secondary N) is 1. The first-order valence-electron chi connectivity index (χ1n) is 9.68. The fourth-order valence-corrected chi connectivity index (χ4v) is 4.77. The average Bonchev–Trinajstić information content (AvgIpc) is 2.77. The van der Waals surface area contributed by atoms with E-state index in [1.54, 1.807) is 42.5 Å². The second kappa shape index (κ2) is 9.60. The zero-order chi connectivity index (χ0) is 20.7. The summed E-state index contributed by atoms with van der Waals surface area (Å²) < 4.78 is 33.1. The highest BCUT2D eigenvalue weighted by Crippen LogP contribution is 2.32. The van der Waals surface area contributed by atoms with Gasteiger partial charge >= 0.3 is 0 Å². The van der Waals surface area contributed by atoms with Crippen molar-refractivity contribution in [3.8, 4) is 5.75 Å². The van der Waals surface area contributed by atoms with Gasteiger partial charge in [-0.15, -0.1) is 0 Å². The number of carbonyl (C=O) groups is 1. The fraction of sp³-hybridized carbons (Fsp3) is 0.318. The van der Waals surface area contributed by atoms with Gasteiger partial charge in [-0.2, -0.15) is 0 Å². The van der Waals surface area contributed by atoms with Crippen molar-refractivity contribution in [2.75, 3.05) is 24.5 Å². The number of carbonyl (C=O) groups excluding carboxylic acids is 1. The van der Waals surface area contributed by atoms with Crippen LogP contribution < -0.4 is 14.4 Å². The molecule has 3 rings (SSSR count). The average molecular weight is 415 g/mol. The van der Waals surface area contributed by atoms with Crippen molar-refractivity contribution in [1.82, 2.24) is 5.32 Å². The maximum absolute atomic E-state index is 13.3. The van der Waals surface area contributed by atoms with Crippen LogP contribution in [-0.2, 0) is 14.8 Å². The number of amides is 1. The van der Waals surface area contributed by atoms with E-state index >= 15 is 0 Å². The lowest BCUT2D eigenvalue weighted by atomic mass is 10.00. The van der Waals surface area contributed by atoms with Crippen LogP contribution in [0, 0.1) is 0 Å². The topological polar surface area (TPSA) is 75.7 Å². The Kier molecular flexibility index (Phi) is 6.93. The molecule has 1 aliphatic rings. The Balaban J connectivity index is 1.87. The van der Waals surface area contributed by atoms with Crippen LogP contribution in [0.2, 0.25) is 0 Å². The van der Waals surface area contributed by atoms with E-state index in [-0.39, 0.29) is 17.3 Å². The summed E-state index contributed by atoms with van der Waals surface area (Å²) in [5, 5.41) is 2.86. The van der Waals surface area contributed by atoms with Gasteiger partial charge < -0.3 is 10.1 Å². The summed E-state index contributed by atoms with van der Waals surface area (Å²) in [7, 11) is -2.47. The second-order valence-electron chi connectivity index (χ2n) is 6.88. The second-order valence-corrected chi connectivity index (χ2v) is 8.74. The molecular formula is C22H26N2O4S. The van der Waals surface area contributed by atoms with Crippen molar-refractivity contribution in [2.45, 2.75) is 30.6 Å². The number of hydrogen-bond acceptors (Lipinski definition) is 4. The Bertz CT molecular complexity index is 971. The van der Waals surface area contributed by atoms with Crippen molar-refractivity contribution in [3.05, 3.63) is 66.2 Å². The minimum absolute atomic E-state index is 0.119. The van der Waals surface area contributed by atoms with E-state index in [1.807, 2.05) is 0 Å². The largest absolute Gasteiger partial charge is 0.495 e. The summed E-state index contributed by atoms with van der Waals surface area (Å²) in [5.74, 6) is 0.0247. The van der Waals surface area contributed by atoms with Crippen LogP contribution in [0.3, 0.4) is 0 Å². The molecule has 1 amide bonds. The van der Waals surface area contributed by atoms with E-state index in [4.69, 9.17) is 4.74 Å². The van der Waals surface area contributed by atoms with Gasteiger partial charge in [0.1, 0.15) is 12.3 Å². The first-order valence-corrected chi connectivity index (χ1v) is 11.1. The van der Waals surface area contributed by atoms with E-state index in [9.17, 15) is 13.2 Å². The molecule has 0 saturated heterocycles. The molecule has 6 nitrogen and oxygen atoms in total. The number of allylic oxidation sites excluding steroid dienone is 1. The smallest absolute Gasteiger partial charge is 0.264 e. The maximum Gasteiger partial charge on any atom is 0.264 e. The standard InChI is InChI=1S/C22H26N2O4S/c1-28-21-15-9-8-14-20(21)24(29(26,27)19-12-6-3-7-13-19)17-22(25)23-16-18-10-4-2-5-11-18/h3,6-10,12-15H,2,4-5,11,16-17H2,1H3,(H,23,25). The number of rotatable bonds is 8. The summed E-state index contributed by atoms with van der Waals surface area (Å²) in [4.78, 5) is 12.8. The summed E-state index contributed by atoms with van der Waals surface area (Å²) in [6, 6.07) is 14.9. The van der Waals surface area contributed by atoms with Gasteiger partial charge in [0.15, 0.2) is 0 Å². The van der Waals surface area contributed by atoms with Gasteiger partial charge in [-0.25, -0.2) is 8.42 Å². The molecule has 0 heterocycles. The highest BCUT2D eigenvalue weighted by Gasteiger charge is 2.29. The predicted molar refractivity (Wildman–Crippen MR) is 114 cm³/mol. The Morgan fingerprint density at radius 2 is 1.79 bits per heavy atom. The quantitative estimate of drug-likeness (QED) is 0.671. The highest BCUT2D eigenvalue weighted by atomic mass is 32.2. The molecule has 0 aliphatic heterocycles. The summed E-state index contributed by atoms with van der Waals surface area (Å²) >= 11 is 0. The van der Waals surface area contributed by atoms with E-state index < -0.39 is 10.0 Å². The normalized spacial score (nSPS) is 14.0. The van der Waals surface area contributed by atoms with Crippen molar-refractivity contribution >= 4 is 21.6 Å². The highest BCUT2D eigenvalue weighted by molar-refractivity contribution is 7.92. The minimum Gasteiger partial charge on any atom is -0.495 e. The molecule has 0 atom stereocenters. The molecule has 0 fully saturated rings. The lowest BCUT2D eigenvalue weighted by Crippen LogP contribution is -2.41. The third kappa shape index (κ3) is 5.17. The summed E-state index contributed by atoms with van der Waals surface area (Å²) in [6.07, 6.45) is 6.45. The van der Waals surface area contributed by atoms with E-state index in [0.717, 1.165) is 23.6 Å². The number of para-hydroxylation sites is 2. The third-order valence-corrected chi connectivity index (χ3v) is 6.64. The van der Waals surface area contributed by atoms with Gasteiger partial charge in [0.05, 0.1) is 17.7 Å². The number of anilines is 1. The van der Waals surface area contributed by atoms with Gasteiger partial charge in [-0.3, -0.25) is 9.10 Å². The van der Waals surface area contributed by atoms with Crippen LogP contribution in [0.15, 0.2) is 71.1 Å². The van der Waals surface area contributed by atoms with Gasteiger partial charge in [0, 0.05) is 6.54 Å². The van der Waals surface area contributed by atoms with Gasteiger partial charge in [0.2, 0.25) is 5.91 Å². The lowest BCUT2D eigenvalue weighted by Gasteiger charge is -2.25. The molecule has 7 heteroatoms. The predicted octanol–water partition coefficient (Wildman–Crippen LogP) is 3.51. The molecule has 1 N–H and O–H groups in total. The first-order chi connectivity index (χ1) is 14.0. The zero-order valence-electron chi connectivity index (χ0n) is 16.5. The summed E-state index contributed by atoms with van der Waals surface area (Å²) in [6.45, 7) is 0.120. The molecule has 0 bridgehead atoms. The Morgan fingerprint density at radius 3 is 2.48 bits per heavy atom. The van der Waals surface area contributed by atoms with Crippen LogP contribution in [0.1, 0.15) is 25.7 Å². The SMILES string of the molecule is COc1ccccc1N(CC(=O)NCC1=CCCCC1)S(=O)(=O)c1ccccc1. The molecule has 154 valence electrons. The van der Waals surface area contributed by atoms with Crippen molar-refractivity contribution < 1.29 is 17.9 Å². The van der Waals surface area contributed by atoms with Gasteiger partial charge in [-0.05, 0) is 49.9 Å². The van der Waals surface area contributed by atoms with E-state index in [0.29, 0.717) is 18.0 Å². The molecular weight excluding hydrogens is 388 g/mol. The molecule has 0 unspecified atom stereocenters. The van der Waals surface area contributed by atoms with Crippen LogP contribution in [0.25, 0.3) is 0 Å². The van der Waals surface area contributed by atoms with E-state index in [1.165, 1.54) is 31.2 Å². The Labute approximate surface area is 172 Å². The minimum atomic E-state index is -3.95. The Hall–Kier alpha value is -2.80. The molecule has 1 aliphatic carbocycles. The molecule has 29 heavy (non-hydrogen) atoms. The number of benzene rings is 2. The third-order valence-electron chi connectivity index (χ3n) is 4.87. The fourth-order valence-electron chi connectivity index (χ4n) is 3.32. The molecule has 0 aromatic heterocycles. The van der Waals surface area contributed by atoms with Crippen molar-refractivity contribution in [2.24, 2.45) is 0 Å². The molecule has 0 spiro atoms. The van der Waals surface area contributed by atoms with Crippen molar-refractivity contribution in [3.63, 3.8) is 0 Å². The lowest BCUT2D eigenvalue weighted by molar-refractivity contribution is -0.119. The number of sulfonamides is 1. The zero-order valence-corrected chi connectivity index (χ0v) is 17.3.